The number of aromatic nitrogens is 2. The fraction of sp³-hybridized carbons (Fsp3) is 0.118. The summed E-state index contributed by atoms with van der Waals surface area (Å²) in [7, 11) is 0. The first-order chi connectivity index (χ1) is 11.5. The summed E-state index contributed by atoms with van der Waals surface area (Å²) < 4.78 is 5.73. The van der Waals surface area contributed by atoms with Crippen LogP contribution in [0.25, 0.3) is 10.6 Å². The van der Waals surface area contributed by atoms with Crippen molar-refractivity contribution in [1.82, 2.24) is 10.2 Å². The Hall–Kier alpha value is -2.25. The molecule has 0 aliphatic heterocycles. The van der Waals surface area contributed by atoms with Gasteiger partial charge in [0.2, 0.25) is 5.78 Å². The number of hydrogen-bond acceptors (Lipinski definition) is 5. The van der Waals surface area contributed by atoms with Gasteiger partial charge in [0.05, 0.1) is 10.6 Å². The molecule has 0 aliphatic carbocycles. The minimum Gasteiger partial charge on any atom is -0.453 e. The highest BCUT2D eigenvalue weighted by Crippen LogP contribution is 2.26. The third-order valence-electron chi connectivity index (χ3n) is 3.30. The molecular weight excluding hydrogens is 392 g/mol. The van der Waals surface area contributed by atoms with Crippen molar-refractivity contribution >= 4 is 39.0 Å². The van der Waals surface area contributed by atoms with Crippen LogP contribution >= 0.6 is 27.3 Å². The SMILES string of the molecule is Cc1ccc(-c2cc(C(=O)OCC(=O)c3ccccc3Br)n[nH]2)s1. The molecule has 0 fully saturated rings. The van der Waals surface area contributed by atoms with Crippen LogP contribution in [-0.4, -0.2) is 28.6 Å². The Labute approximate surface area is 150 Å². The number of thiophene rings is 1. The molecule has 1 aromatic carbocycles. The van der Waals surface area contributed by atoms with Crippen molar-refractivity contribution in [2.45, 2.75) is 6.92 Å². The molecule has 2 heterocycles. The molecule has 0 unspecified atom stereocenters. The van der Waals surface area contributed by atoms with E-state index in [4.69, 9.17) is 4.74 Å². The minimum absolute atomic E-state index is 0.149. The zero-order valence-electron chi connectivity index (χ0n) is 12.7. The predicted molar refractivity (Wildman–Crippen MR) is 95.4 cm³/mol. The lowest BCUT2D eigenvalue weighted by molar-refractivity contribution is 0.0468. The first-order valence-electron chi connectivity index (χ1n) is 7.11. The number of H-pyrrole nitrogens is 1. The number of hydrogen-bond donors (Lipinski definition) is 1. The van der Waals surface area contributed by atoms with Gasteiger partial charge in [0, 0.05) is 14.9 Å². The Morgan fingerprint density at radius 2 is 2.04 bits per heavy atom. The van der Waals surface area contributed by atoms with E-state index in [9.17, 15) is 9.59 Å². The maximum absolute atomic E-state index is 12.1. The molecule has 0 atom stereocenters. The van der Waals surface area contributed by atoms with E-state index >= 15 is 0 Å². The average Bonchev–Trinajstić information content (AvgIpc) is 3.21. The molecule has 7 heteroatoms. The lowest BCUT2D eigenvalue weighted by Gasteiger charge is -2.04. The number of nitrogens with one attached hydrogen (secondary N) is 1. The number of halogens is 1. The summed E-state index contributed by atoms with van der Waals surface area (Å²) in [6, 6.07) is 12.6. The van der Waals surface area contributed by atoms with Gasteiger partial charge < -0.3 is 4.74 Å². The second-order valence-corrected chi connectivity index (χ2v) is 7.20. The van der Waals surface area contributed by atoms with Gasteiger partial charge in [0.25, 0.3) is 0 Å². The number of benzene rings is 1. The molecule has 122 valence electrons. The third kappa shape index (κ3) is 3.63. The van der Waals surface area contributed by atoms with E-state index < -0.39 is 5.97 Å². The largest absolute Gasteiger partial charge is 0.453 e. The fourth-order valence-electron chi connectivity index (χ4n) is 2.10. The van der Waals surface area contributed by atoms with Gasteiger partial charge in [-0.1, -0.05) is 34.1 Å². The molecule has 0 saturated heterocycles. The van der Waals surface area contributed by atoms with Crippen LogP contribution in [-0.2, 0) is 4.74 Å². The molecule has 3 rings (SSSR count). The second kappa shape index (κ2) is 7.11. The van der Waals surface area contributed by atoms with Crippen LogP contribution in [0.4, 0.5) is 0 Å². The van der Waals surface area contributed by atoms with Crippen molar-refractivity contribution < 1.29 is 14.3 Å². The van der Waals surface area contributed by atoms with Gasteiger partial charge in [0.15, 0.2) is 12.3 Å². The number of rotatable bonds is 5. The summed E-state index contributed by atoms with van der Waals surface area (Å²) in [6.07, 6.45) is 0. The second-order valence-electron chi connectivity index (χ2n) is 5.06. The molecule has 0 saturated carbocycles. The Bertz CT molecular complexity index is 901. The van der Waals surface area contributed by atoms with Crippen molar-refractivity contribution in [2.75, 3.05) is 6.61 Å². The first-order valence-corrected chi connectivity index (χ1v) is 8.72. The quantitative estimate of drug-likeness (QED) is 0.509. The molecule has 3 aromatic rings. The van der Waals surface area contributed by atoms with Crippen molar-refractivity contribution in [1.29, 1.82) is 0 Å². The van der Waals surface area contributed by atoms with E-state index in [1.165, 1.54) is 4.88 Å². The highest BCUT2D eigenvalue weighted by atomic mass is 79.9. The number of nitrogens with zero attached hydrogens (tertiary/aromatic N) is 1. The zero-order valence-corrected chi connectivity index (χ0v) is 15.1. The van der Waals surface area contributed by atoms with Crippen molar-refractivity contribution in [3.63, 3.8) is 0 Å². The Morgan fingerprint density at radius 1 is 1.25 bits per heavy atom. The predicted octanol–water partition coefficient (Wildman–Crippen LogP) is 4.25. The first kappa shape index (κ1) is 16.6. The number of esters is 1. The van der Waals surface area contributed by atoms with E-state index in [2.05, 4.69) is 26.1 Å². The molecule has 5 nitrogen and oxygen atoms in total. The van der Waals surface area contributed by atoms with Crippen LogP contribution in [0.5, 0.6) is 0 Å². The van der Waals surface area contributed by atoms with Crippen molar-refractivity contribution in [2.24, 2.45) is 0 Å². The number of aromatic amines is 1. The van der Waals surface area contributed by atoms with Crippen molar-refractivity contribution in [3.05, 3.63) is 63.1 Å². The maximum Gasteiger partial charge on any atom is 0.359 e. The van der Waals surface area contributed by atoms with Crippen LogP contribution in [0.1, 0.15) is 25.7 Å². The van der Waals surface area contributed by atoms with E-state index in [-0.39, 0.29) is 18.1 Å². The van der Waals surface area contributed by atoms with Crippen LogP contribution in [0.15, 0.2) is 46.9 Å². The fourth-order valence-corrected chi connectivity index (χ4v) is 3.44. The van der Waals surface area contributed by atoms with E-state index in [0.717, 1.165) is 10.6 Å². The molecule has 0 spiro atoms. The van der Waals surface area contributed by atoms with E-state index in [1.807, 2.05) is 25.1 Å². The molecule has 2 aromatic heterocycles. The molecule has 0 aliphatic rings. The van der Waals surface area contributed by atoms with Gasteiger partial charge in [-0.2, -0.15) is 5.10 Å². The number of Topliss-reactive ketones (excluding diaryl/α,β-unsaturated/α-hetero) is 1. The van der Waals surface area contributed by atoms with Gasteiger partial charge >= 0.3 is 5.97 Å². The minimum atomic E-state index is -0.633. The molecular formula is C17H13BrN2O3S. The zero-order chi connectivity index (χ0) is 17.1. The van der Waals surface area contributed by atoms with Crippen LogP contribution in [0, 0.1) is 6.92 Å². The standard InChI is InChI=1S/C17H13BrN2O3S/c1-10-6-7-16(24-10)13-8-14(20-19-13)17(22)23-9-15(21)11-4-2-3-5-12(11)18/h2-8H,9H2,1H3,(H,19,20). The van der Waals surface area contributed by atoms with Gasteiger partial charge in [-0.05, 0) is 31.2 Å². The third-order valence-corrected chi connectivity index (χ3v) is 5.03. The summed E-state index contributed by atoms with van der Waals surface area (Å²) >= 11 is 4.90. The van der Waals surface area contributed by atoms with Crippen LogP contribution in [0.3, 0.4) is 0 Å². The smallest absolute Gasteiger partial charge is 0.359 e. The van der Waals surface area contributed by atoms with E-state index in [0.29, 0.717) is 10.0 Å². The van der Waals surface area contributed by atoms with Gasteiger partial charge in [-0.3, -0.25) is 9.89 Å². The Balaban J connectivity index is 1.64. The molecule has 24 heavy (non-hydrogen) atoms. The highest BCUT2D eigenvalue weighted by Gasteiger charge is 2.17. The summed E-state index contributed by atoms with van der Waals surface area (Å²) in [6.45, 7) is 1.68. The summed E-state index contributed by atoms with van der Waals surface area (Å²) in [5.74, 6) is -0.911. The number of carbonyl (C=O) groups excluding carboxylic acids is 2. The monoisotopic (exact) mass is 404 g/mol. The van der Waals surface area contributed by atoms with Crippen molar-refractivity contribution in [3.8, 4) is 10.6 Å². The Kier molecular flexibility index (Phi) is 4.92. The van der Waals surface area contributed by atoms with Gasteiger partial charge in [0.1, 0.15) is 0 Å². The van der Waals surface area contributed by atoms with Gasteiger partial charge in [-0.25, -0.2) is 4.79 Å². The van der Waals surface area contributed by atoms with Crippen LogP contribution < -0.4 is 0 Å². The lowest BCUT2D eigenvalue weighted by atomic mass is 10.1. The lowest BCUT2D eigenvalue weighted by Crippen LogP contribution is -2.15. The number of ether oxygens (including phenoxy) is 1. The molecule has 0 bridgehead atoms. The highest BCUT2D eigenvalue weighted by molar-refractivity contribution is 9.10. The number of aryl methyl sites for hydroxylation is 1. The normalized spacial score (nSPS) is 10.6. The Morgan fingerprint density at radius 3 is 2.75 bits per heavy atom. The maximum atomic E-state index is 12.1. The average molecular weight is 405 g/mol. The summed E-state index contributed by atoms with van der Waals surface area (Å²) in [5.41, 5.74) is 1.37. The molecule has 0 radical (unpaired) electrons. The number of carbonyl (C=O) groups is 2. The molecule has 1 N–H and O–H groups in total. The summed E-state index contributed by atoms with van der Waals surface area (Å²) in [5, 5.41) is 6.77. The van der Waals surface area contributed by atoms with Crippen LogP contribution in [0.2, 0.25) is 0 Å². The molecule has 0 amide bonds. The number of ketones is 1. The summed E-state index contributed by atoms with van der Waals surface area (Å²) in [4.78, 5) is 26.3. The van der Waals surface area contributed by atoms with Gasteiger partial charge in [-0.15, -0.1) is 11.3 Å². The topological polar surface area (TPSA) is 72.1 Å². The van der Waals surface area contributed by atoms with E-state index in [1.54, 1.807) is 35.6 Å².